The van der Waals surface area contributed by atoms with Gasteiger partial charge in [0.1, 0.15) is 35.2 Å². The van der Waals surface area contributed by atoms with E-state index in [4.69, 9.17) is 4.74 Å². The number of anilines is 1. The topological polar surface area (TPSA) is 229 Å². The quantitative estimate of drug-likeness (QED) is 0.0364. The Hall–Kier alpha value is -7.29. The van der Waals surface area contributed by atoms with E-state index >= 15 is 8.78 Å². The molecule has 2 bridgehead atoms. The van der Waals surface area contributed by atoms with Crippen LogP contribution in [0, 0.1) is 34.3 Å². The second kappa shape index (κ2) is 24.2. The number of halogens is 10. The van der Waals surface area contributed by atoms with Gasteiger partial charge in [-0.25, -0.2) is 38.0 Å². The molecule has 7 rings (SSSR count). The summed E-state index contributed by atoms with van der Waals surface area (Å²) in [6.45, 7) is -0.341. The number of aliphatic hydroxyl groups excluding tert-OH is 1. The number of aromatic nitrogens is 4. The molecule has 434 valence electrons. The summed E-state index contributed by atoms with van der Waals surface area (Å²) >= 11 is 0. The van der Waals surface area contributed by atoms with E-state index in [1.165, 1.54) is 35.8 Å². The van der Waals surface area contributed by atoms with Crippen LogP contribution in [-0.2, 0) is 32.0 Å². The van der Waals surface area contributed by atoms with Crippen LogP contribution >= 0.6 is 0 Å². The number of nitrogens with one attached hydrogen (secondary N) is 4. The zero-order chi connectivity index (χ0) is 58.6. The Labute approximate surface area is 451 Å². The fourth-order valence-electron chi connectivity index (χ4n) is 9.52. The van der Waals surface area contributed by atoms with E-state index < -0.39 is 115 Å². The minimum Gasteiger partial charge on any atom is -0.465 e. The second-order valence-corrected chi connectivity index (χ2v) is 20.6. The molecule has 0 radical (unpaired) electrons. The lowest BCUT2D eigenvalue weighted by molar-refractivity contribution is -0.221. The number of methoxy groups -OCH3 is 1. The molecule has 5 heterocycles. The third-order valence-electron chi connectivity index (χ3n) is 14.5. The molecule has 2 aromatic carbocycles. The van der Waals surface area contributed by atoms with Gasteiger partial charge in [0, 0.05) is 61.1 Å². The van der Waals surface area contributed by atoms with Gasteiger partial charge in [-0.15, -0.1) is 0 Å². The highest BCUT2D eigenvalue weighted by Crippen LogP contribution is 2.42. The summed E-state index contributed by atoms with van der Waals surface area (Å²) in [6.07, 6.45) is -10.6. The number of hydrazine groups is 1. The summed E-state index contributed by atoms with van der Waals surface area (Å²) in [7, 11) is 0.808. The number of amides is 4. The van der Waals surface area contributed by atoms with Gasteiger partial charge in [0.15, 0.2) is 0 Å². The van der Waals surface area contributed by atoms with Crippen LogP contribution in [0.15, 0.2) is 61.1 Å². The summed E-state index contributed by atoms with van der Waals surface area (Å²) in [6, 6.07) is 2.42. The van der Waals surface area contributed by atoms with E-state index in [0.29, 0.717) is 80.0 Å². The maximum Gasteiger partial charge on any atom is 0.407 e. The number of nitrogens with zero attached hydrogens (tertiary/aromatic N) is 7. The highest BCUT2D eigenvalue weighted by atomic mass is 19.4. The number of carbonyl (C=O) groups excluding carboxylic acids is 3. The van der Waals surface area contributed by atoms with Crippen LogP contribution in [0.25, 0.3) is 11.3 Å². The molecule has 80 heavy (non-hydrogen) atoms. The fraction of sp³-hybridized carbons (Fsp3) is 0.510. The molecule has 4 amide bonds. The monoisotopic (exact) mass is 1140 g/mol. The van der Waals surface area contributed by atoms with Crippen molar-refractivity contribution in [3.8, 4) is 23.1 Å². The van der Waals surface area contributed by atoms with Gasteiger partial charge in [-0.2, -0.15) is 40.2 Å². The summed E-state index contributed by atoms with van der Waals surface area (Å²) in [5, 5.41) is 31.1. The lowest BCUT2D eigenvalue weighted by Crippen LogP contribution is -2.63. The van der Waals surface area contributed by atoms with Gasteiger partial charge in [-0.05, 0) is 88.8 Å². The number of benzene rings is 2. The third-order valence-corrected chi connectivity index (χ3v) is 14.5. The van der Waals surface area contributed by atoms with Crippen LogP contribution in [0.2, 0.25) is 0 Å². The zero-order valence-electron chi connectivity index (χ0n) is 43.5. The Morgan fingerprint density at radius 1 is 0.825 bits per heavy atom. The van der Waals surface area contributed by atoms with Crippen molar-refractivity contribution in [3.63, 3.8) is 0 Å². The first-order valence-corrected chi connectivity index (χ1v) is 24.8. The number of ether oxygens (including phenoxy) is 2. The number of alkyl halides is 8. The minimum absolute atomic E-state index is 0.185. The van der Waals surface area contributed by atoms with Crippen LogP contribution in [0.1, 0.15) is 69.5 Å². The fourth-order valence-corrected chi connectivity index (χ4v) is 9.52. The number of hydrogen-bond acceptors (Lipinski definition) is 13. The molecule has 3 aliphatic heterocycles. The normalized spacial score (nSPS) is 18.6. The number of hydrogen-bond donors (Lipinski definition) is 6. The molecule has 6 N–H and O–H groups in total. The summed E-state index contributed by atoms with van der Waals surface area (Å²) in [5.74, 6) is 0.304. The van der Waals surface area contributed by atoms with Crippen LogP contribution < -0.4 is 26.3 Å². The van der Waals surface area contributed by atoms with Crippen molar-refractivity contribution in [2.24, 2.45) is 10.8 Å². The highest BCUT2D eigenvalue weighted by Gasteiger charge is 2.57. The van der Waals surface area contributed by atoms with Crippen molar-refractivity contribution >= 4 is 29.8 Å². The number of fused-ring (bicyclic) bond motifs is 2. The number of piperazine rings is 1. The lowest BCUT2D eigenvalue weighted by atomic mass is 9.82. The molecule has 3 aliphatic rings. The molecule has 4 aromatic rings. The molecular formula is C51H57F10N11O8. The first kappa shape index (κ1) is 60.4. The Balaban J connectivity index is 1.18. The molecule has 19 nitrogen and oxygen atoms in total. The zero-order valence-corrected chi connectivity index (χ0v) is 43.5. The second-order valence-electron chi connectivity index (χ2n) is 20.6. The Morgan fingerprint density at radius 3 is 1.93 bits per heavy atom. The van der Waals surface area contributed by atoms with E-state index in [1.54, 1.807) is 6.20 Å². The Kier molecular flexibility index (Phi) is 18.3. The standard InChI is InChI=1S/C51H57F10N11O8/c1-48(2,50(56,57)58)41(66-47(78)79-5)43(74)64-38(16-28-8-6-27(7-9-28)10-11-30-19-63-40(20-62-30)69-21-31-12-13-32(22-69)72(31)33-25-80-26-33)39(73)24-70(68-44(75)42(65-46(76)77)49(3,4)51(59,60)61)23-34-35(52)17-29(18-36(34)53)37-14-15-71(67-37)45(54)55/h6-9,14-15,17-20,31-33,38-39,41-42,45,65,73H,12-13,16,21-26H2,1-5H3,(H,64,74)(H,66,78)(H,68,75)(H,76,77)/t31?,32?,38-,39-,41+,42+/m0/s1. The summed E-state index contributed by atoms with van der Waals surface area (Å²) in [5.41, 5.74) is -5.00. The van der Waals surface area contributed by atoms with E-state index in [2.05, 4.69) is 46.8 Å². The molecule has 6 atom stereocenters. The molecule has 3 fully saturated rings. The van der Waals surface area contributed by atoms with E-state index in [1.807, 2.05) is 10.7 Å². The van der Waals surface area contributed by atoms with Gasteiger partial charge >= 0.3 is 31.1 Å². The number of carbonyl (C=O) groups is 4. The average molecular weight is 1140 g/mol. The van der Waals surface area contributed by atoms with Crippen LogP contribution in [0.4, 0.5) is 59.3 Å². The van der Waals surface area contributed by atoms with E-state index in [-0.39, 0.29) is 21.5 Å². The van der Waals surface area contributed by atoms with Crippen LogP contribution in [-0.4, -0.2) is 159 Å². The summed E-state index contributed by atoms with van der Waals surface area (Å²) in [4.78, 5) is 65.9. The third kappa shape index (κ3) is 13.8. The van der Waals surface area contributed by atoms with Crippen molar-refractivity contribution in [1.29, 1.82) is 0 Å². The predicted molar refractivity (Wildman–Crippen MR) is 263 cm³/mol. The van der Waals surface area contributed by atoms with E-state index in [0.717, 1.165) is 58.5 Å². The molecule has 0 spiro atoms. The molecule has 0 saturated carbocycles. The Morgan fingerprint density at radius 2 is 1.43 bits per heavy atom. The molecule has 29 heteroatoms. The molecule has 0 aliphatic carbocycles. The van der Waals surface area contributed by atoms with Crippen LogP contribution in [0.5, 0.6) is 0 Å². The van der Waals surface area contributed by atoms with Crippen molar-refractivity contribution in [3.05, 3.63) is 95.1 Å². The largest absolute Gasteiger partial charge is 0.465 e. The van der Waals surface area contributed by atoms with Crippen molar-refractivity contribution in [2.45, 2.75) is 115 Å². The van der Waals surface area contributed by atoms with Gasteiger partial charge in [-0.3, -0.25) is 19.9 Å². The first-order chi connectivity index (χ1) is 37.5. The van der Waals surface area contributed by atoms with Gasteiger partial charge in [0.2, 0.25) is 5.91 Å². The smallest absolute Gasteiger partial charge is 0.407 e. The number of rotatable bonds is 19. The first-order valence-electron chi connectivity index (χ1n) is 24.8. The highest BCUT2D eigenvalue weighted by molar-refractivity contribution is 5.87. The van der Waals surface area contributed by atoms with Gasteiger partial charge in [-0.1, -0.05) is 18.1 Å². The van der Waals surface area contributed by atoms with Gasteiger partial charge in [0.25, 0.3) is 5.91 Å². The Bertz CT molecular complexity index is 2890. The summed E-state index contributed by atoms with van der Waals surface area (Å²) < 4.78 is 155. The van der Waals surface area contributed by atoms with Crippen molar-refractivity contribution < 1.29 is 82.8 Å². The molecule has 2 aromatic heterocycles. The number of aliphatic hydroxyl groups is 1. The SMILES string of the molecule is COC(=O)N[C@H](C(=O)N[C@@H](Cc1ccc(C#Cc2cnc(N3CC4CCC(C3)N4C3COC3)cn2)cc1)[C@@H](O)CN(Cc1c(F)cc(-c2ccn(C(F)F)n2)cc1F)NC(=O)[C@@H](NC(=O)O)C(C)(C)C(F)(F)F)C(C)(C)C(F)(F)F. The van der Waals surface area contributed by atoms with Crippen molar-refractivity contribution in [2.75, 3.05) is 44.9 Å². The number of carboxylic acid groups (broad SMARTS) is 1. The molecule has 3 saturated heterocycles. The maximum absolute atomic E-state index is 16.0. The predicted octanol–water partition coefficient (Wildman–Crippen LogP) is 5.92. The van der Waals surface area contributed by atoms with Crippen molar-refractivity contribution in [1.82, 2.24) is 51.0 Å². The number of alkyl carbamates (subject to hydrolysis) is 1. The average Bonchev–Trinajstić information content (AvgIpc) is 3.96. The lowest BCUT2D eigenvalue weighted by Gasteiger charge is -2.47. The minimum atomic E-state index is -5.29. The van der Waals surface area contributed by atoms with Crippen LogP contribution in [0.3, 0.4) is 0 Å². The van der Waals surface area contributed by atoms with E-state index in [9.17, 15) is 64.5 Å². The van der Waals surface area contributed by atoms with Gasteiger partial charge in [0.05, 0.1) is 67.4 Å². The maximum atomic E-state index is 16.0. The molecule has 2 unspecified atom stereocenters. The van der Waals surface area contributed by atoms with Gasteiger partial charge < -0.3 is 40.5 Å². The molecular weight excluding hydrogens is 1080 g/mol.